The van der Waals surface area contributed by atoms with Crippen molar-refractivity contribution in [2.45, 2.75) is 63.9 Å². The van der Waals surface area contributed by atoms with Crippen molar-refractivity contribution in [2.24, 2.45) is 0 Å². The fraction of sp³-hybridized carbons (Fsp3) is 0.478. The Morgan fingerprint density at radius 1 is 0.515 bits per heavy atom. The molecule has 0 aliphatic carbocycles. The summed E-state index contributed by atoms with van der Waals surface area (Å²) in [5.41, 5.74) is 4.15. The molecule has 0 amide bonds. The van der Waals surface area contributed by atoms with Crippen LogP contribution in [-0.4, -0.2) is 141 Å². The Morgan fingerprint density at radius 2 is 0.909 bits per heavy atom. The average Bonchev–Trinajstić information content (AvgIpc) is 3.37. The highest BCUT2D eigenvalue weighted by Gasteiger charge is 2.22. The lowest BCUT2D eigenvalue weighted by Crippen LogP contribution is -2.43. The van der Waals surface area contributed by atoms with Gasteiger partial charge in [0.25, 0.3) is 11.1 Å². The summed E-state index contributed by atoms with van der Waals surface area (Å²) >= 11 is 0. The van der Waals surface area contributed by atoms with E-state index in [9.17, 15) is 9.59 Å². The summed E-state index contributed by atoms with van der Waals surface area (Å²) in [6.07, 6.45) is 13.6. The quantitative estimate of drug-likeness (QED) is 0.161. The van der Waals surface area contributed by atoms with Crippen LogP contribution in [0.4, 0.5) is 0 Å². The fourth-order valence-electron chi connectivity index (χ4n) is 8.62. The second kappa shape index (κ2) is 21.2. The number of ether oxygens (including phenoxy) is 6. The molecule has 10 heterocycles. The van der Waals surface area contributed by atoms with Gasteiger partial charge < -0.3 is 58.0 Å². The van der Waals surface area contributed by atoms with Gasteiger partial charge in [-0.1, -0.05) is 0 Å². The van der Waals surface area contributed by atoms with Crippen LogP contribution in [0, 0.1) is 0 Å². The van der Waals surface area contributed by atoms with Gasteiger partial charge in [0.1, 0.15) is 37.9 Å². The first-order chi connectivity index (χ1) is 32.4. The zero-order valence-corrected chi connectivity index (χ0v) is 37.4. The molecule has 6 aromatic heterocycles. The maximum absolute atomic E-state index is 12.4. The normalized spacial score (nSPS) is 16.8. The van der Waals surface area contributed by atoms with Gasteiger partial charge in [-0.3, -0.25) is 19.6 Å². The molecule has 10 rings (SSSR count). The molecule has 2 fully saturated rings. The lowest BCUT2D eigenvalue weighted by Gasteiger charge is -2.32. The van der Waals surface area contributed by atoms with E-state index in [4.69, 9.17) is 28.4 Å². The summed E-state index contributed by atoms with van der Waals surface area (Å²) in [4.78, 5) is 55.5. The minimum atomic E-state index is -0.124. The van der Waals surface area contributed by atoms with E-state index in [1.807, 2.05) is 24.3 Å². The highest BCUT2D eigenvalue weighted by Crippen LogP contribution is 2.30. The molecule has 0 unspecified atom stereocenters. The number of fused-ring (bicyclic) bond motifs is 4. The van der Waals surface area contributed by atoms with Crippen molar-refractivity contribution in [2.75, 3.05) is 79.9 Å². The maximum atomic E-state index is 12.4. The third-order valence-corrected chi connectivity index (χ3v) is 12.4. The molecule has 0 spiro atoms. The van der Waals surface area contributed by atoms with Gasteiger partial charge in [-0.05, 0) is 51.9 Å². The summed E-state index contributed by atoms with van der Waals surface area (Å²) in [6, 6.07) is 8.43. The van der Waals surface area contributed by atoms with Gasteiger partial charge in [-0.25, -0.2) is 19.9 Å². The molecule has 66 heavy (non-hydrogen) atoms. The predicted molar refractivity (Wildman–Crippen MR) is 244 cm³/mol. The highest BCUT2D eigenvalue weighted by atomic mass is 16.6. The van der Waals surface area contributed by atoms with Crippen LogP contribution in [0.25, 0.3) is 22.3 Å². The monoisotopic (exact) mass is 904 g/mol. The first-order valence-electron chi connectivity index (χ1n) is 22.6. The first kappa shape index (κ1) is 44.7. The largest absolute Gasteiger partial charge is 0.495 e. The van der Waals surface area contributed by atoms with E-state index in [1.54, 1.807) is 48.1 Å². The minimum absolute atomic E-state index is 0.124. The van der Waals surface area contributed by atoms with Crippen LogP contribution in [0.2, 0.25) is 0 Å². The van der Waals surface area contributed by atoms with E-state index in [2.05, 4.69) is 50.3 Å². The summed E-state index contributed by atoms with van der Waals surface area (Å²) < 4.78 is 36.3. The zero-order valence-electron chi connectivity index (χ0n) is 37.4. The Kier molecular flexibility index (Phi) is 14.4. The number of aromatic nitrogens is 8. The van der Waals surface area contributed by atoms with Crippen molar-refractivity contribution >= 4 is 22.3 Å². The molecule has 20 heteroatoms. The van der Waals surface area contributed by atoms with Crippen LogP contribution in [-0.2, 0) is 26.2 Å². The van der Waals surface area contributed by atoms with Crippen molar-refractivity contribution in [3.8, 4) is 34.5 Å². The molecule has 2 saturated heterocycles. The topological polar surface area (TPSA) is 207 Å². The highest BCUT2D eigenvalue weighted by molar-refractivity contribution is 5.72. The number of hydrogen-bond donors (Lipinski definition) is 2. The van der Waals surface area contributed by atoms with Gasteiger partial charge in [0, 0.05) is 75.6 Å². The zero-order chi connectivity index (χ0) is 45.2. The third kappa shape index (κ3) is 11.0. The van der Waals surface area contributed by atoms with Crippen LogP contribution in [0.1, 0.15) is 37.1 Å². The molecule has 20 nitrogen and oxygen atoms in total. The van der Waals surface area contributed by atoms with Crippen LogP contribution in [0.5, 0.6) is 34.5 Å². The molecule has 4 aliphatic heterocycles. The van der Waals surface area contributed by atoms with E-state index in [1.165, 1.54) is 12.4 Å². The average molecular weight is 905 g/mol. The van der Waals surface area contributed by atoms with Gasteiger partial charge in [-0.2, -0.15) is 0 Å². The van der Waals surface area contributed by atoms with Gasteiger partial charge in [0.05, 0.1) is 73.8 Å². The van der Waals surface area contributed by atoms with Crippen molar-refractivity contribution in [3.05, 3.63) is 93.5 Å². The van der Waals surface area contributed by atoms with E-state index in [0.717, 1.165) is 87.8 Å². The minimum Gasteiger partial charge on any atom is -0.495 e. The smallest absolute Gasteiger partial charge is 0.269 e. The number of nitrogens with one attached hydrogen (secondary N) is 2. The van der Waals surface area contributed by atoms with Crippen molar-refractivity contribution in [1.82, 2.24) is 59.5 Å². The number of rotatable bonds is 14. The van der Waals surface area contributed by atoms with Gasteiger partial charge in [0.2, 0.25) is 0 Å². The van der Waals surface area contributed by atoms with Crippen molar-refractivity contribution in [3.63, 3.8) is 0 Å². The van der Waals surface area contributed by atoms with E-state index >= 15 is 0 Å². The lowest BCUT2D eigenvalue weighted by atomic mass is 10.0. The molecule has 0 bridgehead atoms. The Balaban J connectivity index is 0.000000166. The third-order valence-electron chi connectivity index (χ3n) is 12.4. The number of hydrogen-bond acceptors (Lipinski definition) is 18. The predicted octanol–water partition coefficient (Wildman–Crippen LogP) is 2.44. The molecular weight excluding hydrogens is 849 g/mol. The number of piperidine rings is 2. The maximum Gasteiger partial charge on any atom is 0.269 e. The van der Waals surface area contributed by atoms with Crippen molar-refractivity contribution in [1.29, 1.82) is 0 Å². The Hall–Kier alpha value is -6.48. The Bertz CT molecular complexity index is 2540. The van der Waals surface area contributed by atoms with Gasteiger partial charge in [0.15, 0.2) is 34.3 Å². The van der Waals surface area contributed by atoms with Crippen LogP contribution >= 0.6 is 0 Å². The summed E-state index contributed by atoms with van der Waals surface area (Å²) in [6.45, 7) is 10.4. The number of nitrogens with zero attached hydrogens (tertiary/aromatic N) is 10. The van der Waals surface area contributed by atoms with Crippen LogP contribution in [0.15, 0.2) is 71.0 Å². The molecule has 6 aromatic rings. The number of methoxy groups -OCH3 is 2. The lowest BCUT2D eigenvalue weighted by molar-refractivity contribution is 0.170. The molecule has 348 valence electrons. The number of likely N-dealkylation sites (tertiary alicyclic amines) is 2. The summed E-state index contributed by atoms with van der Waals surface area (Å²) in [5, 5.41) is 7.23. The summed E-state index contributed by atoms with van der Waals surface area (Å²) in [5.74, 6) is 4.21. The fourth-order valence-corrected chi connectivity index (χ4v) is 8.62. The molecule has 4 aliphatic rings. The van der Waals surface area contributed by atoms with Crippen LogP contribution < -0.4 is 50.2 Å². The first-order valence-corrected chi connectivity index (χ1v) is 22.6. The molecule has 0 saturated carbocycles. The van der Waals surface area contributed by atoms with Gasteiger partial charge >= 0.3 is 0 Å². The van der Waals surface area contributed by atoms with E-state index in [-0.39, 0.29) is 11.1 Å². The summed E-state index contributed by atoms with van der Waals surface area (Å²) in [7, 11) is 3.17. The van der Waals surface area contributed by atoms with E-state index in [0.29, 0.717) is 110 Å². The SMILES string of the molecule is COc1cnc2ncc(=O)n(CCN3CCC(NCc4cc5c(cn4)OCCO5)CC3)c2c1.COc1cnc2ncc(=O)n(CCN3CCC(NCc4cc5c(cn4)OCCO5)CC3)c2c1. The second-order valence-electron chi connectivity index (χ2n) is 16.6. The second-order valence-corrected chi connectivity index (χ2v) is 16.6. The van der Waals surface area contributed by atoms with Crippen LogP contribution in [0.3, 0.4) is 0 Å². The van der Waals surface area contributed by atoms with E-state index < -0.39 is 0 Å². The molecule has 2 N–H and O–H groups in total. The Labute approximate surface area is 381 Å². The molecular formula is C46H56N12O8. The Morgan fingerprint density at radius 3 is 1.32 bits per heavy atom. The molecule has 0 aromatic carbocycles. The molecule has 0 atom stereocenters. The van der Waals surface area contributed by atoms with Gasteiger partial charge in [-0.15, -0.1) is 0 Å². The number of pyridine rings is 4. The van der Waals surface area contributed by atoms with Crippen molar-refractivity contribution < 1.29 is 28.4 Å². The molecule has 0 radical (unpaired) electrons. The standard InChI is InChI=1S/2C23H28N6O4/c2*1-31-18-11-19-23(26-13-18)27-15-22(30)29(19)7-6-28-4-2-16(3-5-28)24-12-17-10-20-21(14-25-17)33-9-8-32-20/h2*10-11,13-16,24H,2-9,12H2,1H3.